The van der Waals surface area contributed by atoms with E-state index in [-0.39, 0.29) is 25.5 Å². The van der Waals surface area contributed by atoms with Crippen LogP contribution < -0.4 is 27.0 Å². The topological polar surface area (TPSA) is 195 Å². The molecule has 1 fully saturated rings. The average Bonchev–Trinajstić information content (AvgIpc) is 3.30. The SMILES string of the molecule is CCOC(=O)/C=C/[C@H](C[C@@H]1CCNC1=O)NC(=O)[C@H](CC(N)=O)NC(=O)[C@H](C)NC(=O)OCc1ccccc1. The first kappa shape index (κ1) is 30.8. The molecule has 1 aliphatic rings. The summed E-state index contributed by atoms with van der Waals surface area (Å²) in [6.45, 7) is 3.66. The van der Waals surface area contributed by atoms with Gasteiger partial charge in [-0.2, -0.15) is 0 Å². The summed E-state index contributed by atoms with van der Waals surface area (Å²) in [7, 11) is 0. The number of alkyl carbamates (subject to hydrolysis) is 1. The molecule has 212 valence electrons. The fraction of sp³-hybridized carbons (Fsp3) is 0.462. The van der Waals surface area contributed by atoms with Crippen LogP contribution in [-0.4, -0.2) is 67.0 Å². The lowest BCUT2D eigenvalue weighted by molar-refractivity contribution is -0.137. The van der Waals surface area contributed by atoms with E-state index >= 15 is 0 Å². The van der Waals surface area contributed by atoms with E-state index < -0.39 is 60.2 Å². The van der Waals surface area contributed by atoms with Crippen LogP contribution in [0.1, 0.15) is 38.7 Å². The van der Waals surface area contributed by atoms with Gasteiger partial charge in [0.1, 0.15) is 18.7 Å². The molecule has 0 spiro atoms. The van der Waals surface area contributed by atoms with Crippen molar-refractivity contribution in [2.75, 3.05) is 13.2 Å². The van der Waals surface area contributed by atoms with Crippen molar-refractivity contribution in [3.8, 4) is 0 Å². The first-order valence-electron chi connectivity index (χ1n) is 12.6. The molecule has 39 heavy (non-hydrogen) atoms. The van der Waals surface area contributed by atoms with E-state index in [0.717, 1.165) is 11.6 Å². The quantitative estimate of drug-likeness (QED) is 0.156. The van der Waals surface area contributed by atoms with E-state index in [1.54, 1.807) is 31.2 Å². The minimum absolute atomic E-state index is 0.00651. The monoisotopic (exact) mass is 545 g/mol. The number of carbonyl (C=O) groups excluding carboxylic acids is 6. The van der Waals surface area contributed by atoms with Gasteiger partial charge in [-0.15, -0.1) is 0 Å². The van der Waals surface area contributed by atoms with Gasteiger partial charge in [-0.25, -0.2) is 9.59 Å². The van der Waals surface area contributed by atoms with Crippen molar-refractivity contribution in [3.05, 3.63) is 48.0 Å². The van der Waals surface area contributed by atoms with E-state index in [0.29, 0.717) is 13.0 Å². The Kier molecular flexibility index (Phi) is 12.4. The van der Waals surface area contributed by atoms with E-state index in [4.69, 9.17) is 15.2 Å². The number of ether oxygens (including phenoxy) is 2. The Bertz CT molecular complexity index is 1060. The van der Waals surface area contributed by atoms with Crippen LogP contribution in [0.25, 0.3) is 0 Å². The molecule has 0 aromatic heterocycles. The Morgan fingerprint density at radius 1 is 1.08 bits per heavy atom. The van der Waals surface area contributed by atoms with Gasteiger partial charge in [0.15, 0.2) is 0 Å². The number of rotatable bonds is 14. The van der Waals surface area contributed by atoms with E-state index in [2.05, 4.69) is 21.3 Å². The molecule has 0 unspecified atom stereocenters. The molecular formula is C26H35N5O8. The van der Waals surface area contributed by atoms with Gasteiger partial charge in [0, 0.05) is 24.6 Å². The molecule has 1 saturated heterocycles. The second-order valence-corrected chi connectivity index (χ2v) is 8.90. The number of hydrogen-bond acceptors (Lipinski definition) is 8. The van der Waals surface area contributed by atoms with Crippen molar-refractivity contribution in [2.45, 2.75) is 57.8 Å². The van der Waals surface area contributed by atoms with Crippen molar-refractivity contribution >= 4 is 35.7 Å². The molecule has 0 radical (unpaired) electrons. The molecule has 5 amide bonds. The Labute approximate surface area is 226 Å². The van der Waals surface area contributed by atoms with Gasteiger partial charge in [0.05, 0.1) is 13.0 Å². The maximum atomic E-state index is 13.1. The third-order valence-corrected chi connectivity index (χ3v) is 5.76. The van der Waals surface area contributed by atoms with Crippen LogP contribution in [0.5, 0.6) is 0 Å². The highest BCUT2D eigenvalue weighted by Crippen LogP contribution is 2.17. The highest BCUT2D eigenvalue weighted by atomic mass is 16.5. The fourth-order valence-corrected chi connectivity index (χ4v) is 3.74. The number of hydrogen-bond donors (Lipinski definition) is 5. The molecule has 1 aliphatic heterocycles. The first-order valence-corrected chi connectivity index (χ1v) is 12.6. The van der Waals surface area contributed by atoms with Crippen molar-refractivity contribution in [1.82, 2.24) is 21.3 Å². The fourth-order valence-electron chi connectivity index (χ4n) is 3.74. The van der Waals surface area contributed by atoms with Crippen LogP contribution in [-0.2, 0) is 40.1 Å². The van der Waals surface area contributed by atoms with Gasteiger partial charge in [0.2, 0.25) is 23.6 Å². The van der Waals surface area contributed by atoms with Gasteiger partial charge in [-0.3, -0.25) is 19.2 Å². The molecule has 2 rings (SSSR count). The van der Waals surface area contributed by atoms with Crippen LogP contribution in [0.15, 0.2) is 42.5 Å². The van der Waals surface area contributed by atoms with E-state index in [1.165, 1.54) is 13.0 Å². The third kappa shape index (κ3) is 11.2. The van der Waals surface area contributed by atoms with Crippen molar-refractivity contribution in [3.63, 3.8) is 0 Å². The Balaban J connectivity index is 2.01. The van der Waals surface area contributed by atoms with Gasteiger partial charge >= 0.3 is 12.1 Å². The summed E-state index contributed by atoms with van der Waals surface area (Å²) >= 11 is 0. The van der Waals surface area contributed by atoms with Crippen molar-refractivity contribution in [2.24, 2.45) is 11.7 Å². The van der Waals surface area contributed by atoms with Crippen LogP contribution >= 0.6 is 0 Å². The lowest BCUT2D eigenvalue weighted by Gasteiger charge is -2.23. The number of esters is 1. The minimum atomic E-state index is -1.38. The zero-order valence-electron chi connectivity index (χ0n) is 21.9. The molecule has 1 heterocycles. The highest BCUT2D eigenvalue weighted by Gasteiger charge is 2.30. The predicted molar refractivity (Wildman–Crippen MR) is 138 cm³/mol. The minimum Gasteiger partial charge on any atom is -0.463 e. The zero-order valence-corrected chi connectivity index (χ0v) is 21.9. The molecule has 1 aromatic carbocycles. The Morgan fingerprint density at radius 2 is 1.79 bits per heavy atom. The molecule has 13 heteroatoms. The van der Waals surface area contributed by atoms with Crippen molar-refractivity contribution < 1.29 is 38.2 Å². The van der Waals surface area contributed by atoms with Crippen molar-refractivity contribution in [1.29, 1.82) is 0 Å². The lowest BCUT2D eigenvalue weighted by atomic mass is 9.97. The maximum Gasteiger partial charge on any atom is 0.408 e. The van der Waals surface area contributed by atoms with Gasteiger partial charge in [-0.05, 0) is 32.3 Å². The molecule has 13 nitrogen and oxygen atoms in total. The second kappa shape index (κ2) is 15.7. The van der Waals surface area contributed by atoms with E-state index in [1.807, 2.05) is 6.07 Å². The summed E-state index contributed by atoms with van der Waals surface area (Å²) < 4.78 is 9.95. The number of nitrogens with two attached hydrogens (primary N) is 1. The number of primary amides is 1. The first-order chi connectivity index (χ1) is 18.6. The summed E-state index contributed by atoms with van der Waals surface area (Å²) in [5.74, 6) is -3.60. The Hall–Kier alpha value is -4.42. The molecule has 0 bridgehead atoms. The van der Waals surface area contributed by atoms with Crippen LogP contribution in [0.3, 0.4) is 0 Å². The smallest absolute Gasteiger partial charge is 0.408 e. The van der Waals surface area contributed by atoms with Crippen LogP contribution in [0, 0.1) is 5.92 Å². The normalized spacial score (nSPS) is 16.9. The molecule has 4 atom stereocenters. The molecule has 6 N–H and O–H groups in total. The molecule has 0 saturated carbocycles. The zero-order chi connectivity index (χ0) is 28.8. The van der Waals surface area contributed by atoms with Gasteiger partial charge in [-0.1, -0.05) is 36.4 Å². The third-order valence-electron chi connectivity index (χ3n) is 5.76. The molecule has 1 aromatic rings. The summed E-state index contributed by atoms with van der Waals surface area (Å²) in [6.07, 6.45) is 1.87. The Morgan fingerprint density at radius 3 is 2.41 bits per heavy atom. The van der Waals surface area contributed by atoms with Gasteiger partial charge in [0.25, 0.3) is 0 Å². The summed E-state index contributed by atoms with van der Waals surface area (Å²) in [6, 6.07) is 5.65. The van der Waals surface area contributed by atoms with Crippen LogP contribution in [0.4, 0.5) is 4.79 Å². The summed E-state index contributed by atoms with van der Waals surface area (Å²) in [4.78, 5) is 73.3. The lowest BCUT2D eigenvalue weighted by Crippen LogP contribution is -2.55. The summed E-state index contributed by atoms with van der Waals surface area (Å²) in [5.41, 5.74) is 6.04. The second-order valence-electron chi connectivity index (χ2n) is 8.90. The van der Waals surface area contributed by atoms with Crippen LogP contribution in [0.2, 0.25) is 0 Å². The number of amides is 5. The highest BCUT2D eigenvalue weighted by molar-refractivity contribution is 5.94. The number of benzene rings is 1. The van der Waals surface area contributed by atoms with E-state index in [9.17, 15) is 28.8 Å². The predicted octanol–water partition coefficient (Wildman–Crippen LogP) is -0.208. The van der Waals surface area contributed by atoms with Gasteiger partial charge < -0.3 is 36.5 Å². The maximum absolute atomic E-state index is 13.1. The molecule has 0 aliphatic carbocycles. The summed E-state index contributed by atoms with van der Waals surface area (Å²) in [5, 5.41) is 10.1. The average molecular weight is 546 g/mol. The number of nitrogens with one attached hydrogen (secondary N) is 4. The molecular weight excluding hydrogens is 510 g/mol. The largest absolute Gasteiger partial charge is 0.463 e. The number of carbonyl (C=O) groups is 6. The standard InChI is InChI=1S/C26H35N5O8/c1-3-38-22(33)10-9-19(13-18-11-12-28-24(18)35)30-25(36)20(14-21(27)32)31-23(34)16(2)29-26(37)39-15-17-7-5-4-6-8-17/h4-10,16,18-20H,3,11-15H2,1-2H3,(H2,27,32)(H,28,35)(H,29,37)(H,30,36)(H,31,34)/b10-9+/t16-,18-,19+,20-/m0/s1.